The Labute approximate surface area is 111 Å². The Hall–Kier alpha value is -1.18. The Bertz CT molecular complexity index is 547. The second-order valence-electron chi connectivity index (χ2n) is 3.79. The van der Waals surface area contributed by atoms with Crippen LogP contribution >= 0.6 is 11.6 Å². The molecule has 1 heterocycles. The zero-order valence-electron chi connectivity index (χ0n) is 10.3. The Balaban J connectivity index is 2.79. The summed E-state index contributed by atoms with van der Waals surface area (Å²) in [6.45, 7) is -0.247. The number of amides is 1. The van der Waals surface area contributed by atoms with Gasteiger partial charge in [0.15, 0.2) is 0 Å². The highest BCUT2D eigenvalue weighted by atomic mass is 35.5. The number of nitrogens with zero attached hydrogens (tertiary/aromatic N) is 3. The van der Waals surface area contributed by atoms with Crippen LogP contribution in [0, 0.1) is 0 Å². The summed E-state index contributed by atoms with van der Waals surface area (Å²) in [6, 6.07) is 4.87. The summed E-state index contributed by atoms with van der Waals surface area (Å²) in [5.74, 6) is -0.0212. The molecule has 0 bridgehead atoms. The summed E-state index contributed by atoms with van der Waals surface area (Å²) in [6.07, 6.45) is 1.04. The van der Waals surface area contributed by atoms with Gasteiger partial charge in [-0.3, -0.25) is 9.69 Å². The highest BCUT2D eigenvalue weighted by Gasteiger charge is 2.19. The molecule has 1 aromatic rings. The quantitative estimate of drug-likeness (QED) is 0.761. The number of halogens is 1. The van der Waals surface area contributed by atoms with Gasteiger partial charge < -0.3 is 0 Å². The number of carbonyl (C=O) groups is 1. The van der Waals surface area contributed by atoms with Crippen molar-refractivity contribution in [1.29, 1.82) is 0 Å². The average molecular weight is 292 g/mol. The molecule has 1 aromatic heterocycles. The summed E-state index contributed by atoms with van der Waals surface area (Å²) in [7, 11) is -0.532. The molecular formula is C10H14ClN3O3S. The topological polar surface area (TPSA) is 70.6 Å². The number of rotatable bonds is 4. The lowest BCUT2D eigenvalue weighted by molar-refractivity contribution is -0.118. The summed E-state index contributed by atoms with van der Waals surface area (Å²) >= 11 is 5.72. The van der Waals surface area contributed by atoms with Gasteiger partial charge in [-0.05, 0) is 12.1 Å². The molecule has 0 aliphatic heterocycles. The smallest absolute Gasteiger partial charge is 0.243 e. The van der Waals surface area contributed by atoms with Crippen LogP contribution in [-0.2, 0) is 14.8 Å². The van der Waals surface area contributed by atoms with E-state index in [-0.39, 0.29) is 11.7 Å². The Morgan fingerprint density at radius 1 is 1.39 bits per heavy atom. The van der Waals surface area contributed by atoms with Gasteiger partial charge in [-0.15, -0.1) is 0 Å². The predicted octanol–water partition coefficient (Wildman–Crippen LogP) is 0.589. The number of aromatic nitrogens is 1. The minimum Gasteiger partial charge on any atom is -0.299 e. The van der Waals surface area contributed by atoms with E-state index in [0.29, 0.717) is 5.82 Å². The van der Waals surface area contributed by atoms with Crippen molar-refractivity contribution in [1.82, 2.24) is 9.29 Å². The number of sulfonamides is 1. The van der Waals surface area contributed by atoms with E-state index in [2.05, 4.69) is 4.98 Å². The number of likely N-dealkylation sites (N-methyl/N-ethyl adjacent to an activating group) is 2. The van der Waals surface area contributed by atoms with Crippen LogP contribution in [0.3, 0.4) is 0 Å². The van der Waals surface area contributed by atoms with Gasteiger partial charge in [-0.25, -0.2) is 13.4 Å². The third-order valence-corrected chi connectivity index (χ3v) is 3.81. The molecule has 0 aliphatic carbocycles. The maximum absolute atomic E-state index is 11.8. The number of pyridine rings is 1. The van der Waals surface area contributed by atoms with Gasteiger partial charge in [0.2, 0.25) is 15.9 Å². The van der Waals surface area contributed by atoms with E-state index in [9.17, 15) is 13.2 Å². The van der Waals surface area contributed by atoms with Crippen molar-refractivity contribution >= 4 is 33.3 Å². The molecule has 0 aliphatic rings. The lowest BCUT2D eigenvalue weighted by atomic mass is 10.4. The van der Waals surface area contributed by atoms with E-state index in [1.807, 2.05) is 0 Å². The first kappa shape index (κ1) is 14.9. The van der Waals surface area contributed by atoms with Crippen molar-refractivity contribution in [3.63, 3.8) is 0 Å². The van der Waals surface area contributed by atoms with Crippen molar-refractivity contribution in [2.75, 3.05) is 31.8 Å². The molecule has 100 valence electrons. The summed E-state index contributed by atoms with van der Waals surface area (Å²) in [5.41, 5.74) is 0. The number of hydrogen-bond donors (Lipinski definition) is 0. The maximum Gasteiger partial charge on any atom is 0.243 e. The van der Waals surface area contributed by atoms with Gasteiger partial charge in [0.25, 0.3) is 0 Å². The van der Waals surface area contributed by atoms with Crippen LogP contribution in [0.25, 0.3) is 0 Å². The highest BCUT2D eigenvalue weighted by molar-refractivity contribution is 7.88. The van der Waals surface area contributed by atoms with Crippen LogP contribution < -0.4 is 4.90 Å². The van der Waals surface area contributed by atoms with Crippen LogP contribution in [0.1, 0.15) is 0 Å². The third kappa shape index (κ3) is 3.94. The molecule has 0 fully saturated rings. The van der Waals surface area contributed by atoms with Crippen LogP contribution in [-0.4, -0.2) is 50.5 Å². The number of anilines is 1. The summed E-state index contributed by atoms with van der Waals surface area (Å²) < 4.78 is 23.4. The molecule has 0 saturated heterocycles. The molecule has 0 N–H and O–H groups in total. The number of hydrogen-bond acceptors (Lipinski definition) is 4. The number of carbonyl (C=O) groups excluding carboxylic acids is 1. The lowest BCUT2D eigenvalue weighted by Gasteiger charge is -2.20. The fraction of sp³-hybridized carbons (Fsp3) is 0.400. The van der Waals surface area contributed by atoms with E-state index in [0.717, 1.165) is 10.6 Å². The fourth-order valence-corrected chi connectivity index (χ4v) is 1.63. The van der Waals surface area contributed by atoms with Gasteiger partial charge in [0.05, 0.1) is 12.8 Å². The summed E-state index contributed by atoms with van der Waals surface area (Å²) in [5, 5.41) is 0.267. The zero-order chi connectivity index (χ0) is 13.9. The van der Waals surface area contributed by atoms with Gasteiger partial charge in [-0.2, -0.15) is 4.31 Å². The van der Waals surface area contributed by atoms with Crippen LogP contribution in [0.15, 0.2) is 18.2 Å². The molecule has 0 atom stereocenters. The molecule has 0 saturated carbocycles. The molecule has 18 heavy (non-hydrogen) atoms. The van der Waals surface area contributed by atoms with E-state index >= 15 is 0 Å². The van der Waals surface area contributed by atoms with Gasteiger partial charge in [-0.1, -0.05) is 17.7 Å². The lowest BCUT2D eigenvalue weighted by Crippen LogP contribution is -2.39. The maximum atomic E-state index is 11.8. The minimum absolute atomic E-state index is 0.247. The molecule has 0 radical (unpaired) electrons. The van der Waals surface area contributed by atoms with Gasteiger partial charge in [0, 0.05) is 14.1 Å². The standard InChI is InChI=1S/C10H14ClN3O3S/c1-13(18(3,16)17)7-10(15)14(2)9-6-4-5-8(11)12-9/h4-6H,7H2,1-3H3. The van der Waals surface area contributed by atoms with Crippen LogP contribution in [0.4, 0.5) is 5.82 Å². The molecule has 1 amide bonds. The molecule has 0 spiro atoms. The largest absolute Gasteiger partial charge is 0.299 e. The molecular weight excluding hydrogens is 278 g/mol. The minimum atomic E-state index is -3.38. The first-order chi connectivity index (χ1) is 8.21. The van der Waals surface area contributed by atoms with Crippen molar-refractivity contribution in [3.05, 3.63) is 23.4 Å². The van der Waals surface area contributed by atoms with Crippen molar-refractivity contribution in [2.45, 2.75) is 0 Å². The first-order valence-corrected chi connectivity index (χ1v) is 7.25. The SMILES string of the molecule is CN(C(=O)CN(C)S(C)(=O)=O)c1cccc(Cl)n1. The zero-order valence-corrected chi connectivity index (χ0v) is 11.9. The molecule has 0 unspecified atom stereocenters. The first-order valence-electron chi connectivity index (χ1n) is 5.02. The van der Waals surface area contributed by atoms with Gasteiger partial charge in [0.1, 0.15) is 11.0 Å². The molecule has 1 rings (SSSR count). The monoisotopic (exact) mass is 291 g/mol. The van der Waals surface area contributed by atoms with E-state index in [1.165, 1.54) is 19.0 Å². The predicted molar refractivity (Wildman–Crippen MR) is 70.1 cm³/mol. The Morgan fingerprint density at radius 2 is 2.00 bits per heavy atom. The van der Waals surface area contributed by atoms with E-state index in [4.69, 9.17) is 11.6 Å². The van der Waals surface area contributed by atoms with Crippen LogP contribution in [0.5, 0.6) is 0 Å². The highest BCUT2D eigenvalue weighted by Crippen LogP contribution is 2.13. The van der Waals surface area contributed by atoms with Crippen molar-refractivity contribution in [3.8, 4) is 0 Å². The summed E-state index contributed by atoms with van der Waals surface area (Å²) in [4.78, 5) is 17.1. The fourth-order valence-electron chi connectivity index (χ4n) is 1.13. The van der Waals surface area contributed by atoms with Crippen molar-refractivity contribution in [2.24, 2.45) is 0 Å². The molecule has 0 aromatic carbocycles. The van der Waals surface area contributed by atoms with Gasteiger partial charge >= 0.3 is 0 Å². The molecule has 6 nitrogen and oxygen atoms in total. The van der Waals surface area contributed by atoms with E-state index < -0.39 is 15.9 Å². The second-order valence-corrected chi connectivity index (χ2v) is 6.27. The van der Waals surface area contributed by atoms with Crippen LogP contribution in [0.2, 0.25) is 5.15 Å². The normalized spacial score (nSPS) is 11.6. The Kier molecular flexibility index (Phi) is 4.66. The Morgan fingerprint density at radius 3 is 2.50 bits per heavy atom. The van der Waals surface area contributed by atoms with E-state index in [1.54, 1.807) is 18.2 Å². The van der Waals surface area contributed by atoms with Crippen molar-refractivity contribution < 1.29 is 13.2 Å². The second kappa shape index (κ2) is 5.64. The molecule has 8 heteroatoms. The third-order valence-electron chi connectivity index (χ3n) is 2.34. The average Bonchev–Trinajstić information content (AvgIpc) is 2.26.